The molecule has 1 aromatic heterocycles. The van der Waals surface area contributed by atoms with Crippen molar-refractivity contribution in [1.82, 2.24) is 15.6 Å². The molecule has 1 aromatic rings. The third-order valence-electron chi connectivity index (χ3n) is 2.23. The summed E-state index contributed by atoms with van der Waals surface area (Å²) in [6.45, 7) is 11.3. The minimum absolute atomic E-state index is 0.0243. The van der Waals surface area contributed by atoms with Gasteiger partial charge in [0.2, 0.25) is 5.91 Å². The van der Waals surface area contributed by atoms with Crippen molar-refractivity contribution in [2.75, 3.05) is 6.54 Å². The van der Waals surface area contributed by atoms with Gasteiger partial charge in [-0.25, -0.2) is 4.98 Å². The molecule has 0 saturated heterocycles. The van der Waals surface area contributed by atoms with Crippen molar-refractivity contribution >= 4 is 17.2 Å². The predicted molar refractivity (Wildman–Crippen MR) is 75.8 cm³/mol. The molecule has 2 N–H and O–H groups in total. The van der Waals surface area contributed by atoms with E-state index in [1.54, 1.807) is 11.3 Å². The van der Waals surface area contributed by atoms with Gasteiger partial charge in [0.15, 0.2) is 0 Å². The lowest BCUT2D eigenvalue weighted by molar-refractivity contribution is -0.120. The van der Waals surface area contributed by atoms with E-state index >= 15 is 0 Å². The van der Waals surface area contributed by atoms with E-state index < -0.39 is 0 Å². The van der Waals surface area contributed by atoms with Gasteiger partial charge >= 0.3 is 0 Å². The van der Waals surface area contributed by atoms with Gasteiger partial charge in [0.25, 0.3) is 0 Å². The van der Waals surface area contributed by atoms with Gasteiger partial charge in [-0.15, -0.1) is 11.3 Å². The summed E-state index contributed by atoms with van der Waals surface area (Å²) in [5.41, 5.74) is 1.10. The Hall–Kier alpha value is -0.940. The molecule has 4 nitrogen and oxygen atoms in total. The predicted octanol–water partition coefficient (Wildman–Crippen LogP) is 2.05. The smallest absolute Gasteiger partial charge is 0.234 e. The first-order valence-electron chi connectivity index (χ1n) is 6.24. The van der Waals surface area contributed by atoms with E-state index in [1.165, 1.54) is 0 Å². The van der Waals surface area contributed by atoms with Gasteiger partial charge in [0, 0.05) is 23.4 Å². The van der Waals surface area contributed by atoms with E-state index in [0.717, 1.165) is 10.7 Å². The molecule has 0 aliphatic heterocycles. The van der Waals surface area contributed by atoms with Crippen LogP contribution in [0.3, 0.4) is 0 Å². The van der Waals surface area contributed by atoms with Crippen molar-refractivity contribution < 1.29 is 4.79 Å². The first-order valence-corrected chi connectivity index (χ1v) is 7.12. The fourth-order valence-corrected chi connectivity index (χ4v) is 2.32. The highest BCUT2D eigenvalue weighted by Gasteiger charge is 2.17. The Morgan fingerprint density at radius 3 is 2.61 bits per heavy atom. The van der Waals surface area contributed by atoms with Gasteiger partial charge in [-0.05, 0) is 13.8 Å². The third-order valence-corrected chi connectivity index (χ3v) is 3.55. The van der Waals surface area contributed by atoms with Crippen molar-refractivity contribution in [3.8, 4) is 0 Å². The lowest BCUT2D eigenvalue weighted by atomic mass is 9.98. The van der Waals surface area contributed by atoms with Gasteiger partial charge in [-0.1, -0.05) is 20.8 Å². The number of nitrogens with zero attached hydrogens (tertiary/aromatic N) is 1. The molecule has 0 radical (unpaired) electrons. The number of aromatic nitrogens is 1. The molecule has 18 heavy (non-hydrogen) atoms. The number of amides is 1. The van der Waals surface area contributed by atoms with Crippen LogP contribution < -0.4 is 10.6 Å². The number of rotatable bonds is 5. The minimum Gasteiger partial charge on any atom is -0.353 e. The minimum atomic E-state index is 0.0243. The van der Waals surface area contributed by atoms with E-state index in [1.807, 2.05) is 19.2 Å². The van der Waals surface area contributed by atoms with Crippen LogP contribution in [0.2, 0.25) is 0 Å². The van der Waals surface area contributed by atoms with Crippen LogP contribution in [0.5, 0.6) is 0 Å². The second kappa shape index (κ2) is 6.29. The van der Waals surface area contributed by atoms with Crippen LogP contribution in [0, 0.1) is 0 Å². The van der Waals surface area contributed by atoms with Crippen molar-refractivity contribution in [2.45, 2.75) is 52.6 Å². The Bertz CT molecular complexity index is 393. The van der Waals surface area contributed by atoms with Gasteiger partial charge < -0.3 is 10.6 Å². The van der Waals surface area contributed by atoms with Crippen molar-refractivity contribution in [1.29, 1.82) is 0 Å². The molecule has 0 aromatic carbocycles. The maximum Gasteiger partial charge on any atom is 0.234 e. The monoisotopic (exact) mass is 269 g/mol. The molecule has 1 amide bonds. The molecule has 5 heteroatoms. The molecular weight excluding hydrogens is 246 g/mol. The molecule has 0 saturated carbocycles. The Kier molecular flexibility index (Phi) is 5.28. The number of carbonyl (C=O) groups excluding carboxylic acids is 1. The van der Waals surface area contributed by atoms with Crippen molar-refractivity contribution in [3.05, 3.63) is 16.1 Å². The lowest BCUT2D eigenvalue weighted by Gasteiger charge is -2.13. The maximum absolute atomic E-state index is 11.4. The molecule has 1 rings (SSSR count). The maximum atomic E-state index is 11.4. The lowest BCUT2D eigenvalue weighted by Crippen LogP contribution is -2.37. The molecule has 1 heterocycles. The highest BCUT2D eigenvalue weighted by molar-refractivity contribution is 7.09. The Morgan fingerprint density at radius 1 is 1.44 bits per heavy atom. The highest BCUT2D eigenvalue weighted by atomic mass is 32.1. The molecule has 0 spiro atoms. The molecule has 102 valence electrons. The van der Waals surface area contributed by atoms with Crippen LogP contribution in [0.1, 0.15) is 45.3 Å². The summed E-state index contributed by atoms with van der Waals surface area (Å²) in [5, 5.41) is 9.12. The van der Waals surface area contributed by atoms with Gasteiger partial charge in [0.05, 0.1) is 17.2 Å². The Labute approximate surface area is 113 Å². The van der Waals surface area contributed by atoms with E-state index in [2.05, 4.69) is 36.4 Å². The number of carbonyl (C=O) groups is 1. The zero-order chi connectivity index (χ0) is 13.8. The summed E-state index contributed by atoms with van der Waals surface area (Å²) in [6, 6.07) is 0.186. The van der Waals surface area contributed by atoms with Gasteiger partial charge in [0.1, 0.15) is 0 Å². The molecule has 0 aliphatic carbocycles. The summed E-state index contributed by atoms with van der Waals surface area (Å²) in [7, 11) is 0. The number of thiazole rings is 1. The quantitative estimate of drug-likeness (QED) is 0.860. The number of hydrogen-bond donors (Lipinski definition) is 2. The van der Waals surface area contributed by atoms with Crippen LogP contribution in [0.25, 0.3) is 0 Å². The average molecular weight is 269 g/mol. The van der Waals surface area contributed by atoms with Crippen LogP contribution in [0.15, 0.2) is 5.38 Å². The molecule has 0 unspecified atom stereocenters. The number of hydrogen-bond acceptors (Lipinski definition) is 4. The van der Waals surface area contributed by atoms with Crippen LogP contribution in [-0.2, 0) is 16.8 Å². The zero-order valence-corrected chi connectivity index (χ0v) is 12.6. The standard InChI is InChI=1S/C13H23N3OS/c1-9(2)15-11(17)7-14-6-10-8-18-12(16-10)13(3,4)5/h8-9,14H,6-7H2,1-5H3,(H,15,17). The van der Waals surface area contributed by atoms with Crippen LogP contribution in [0.4, 0.5) is 0 Å². The number of nitrogens with one attached hydrogen (secondary N) is 2. The molecule has 0 aliphatic rings. The second-order valence-electron chi connectivity index (χ2n) is 5.72. The summed E-state index contributed by atoms with van der Waals surface area (Å²) in [5.74, 6) is 0.0243. The summed E-state index contributed by atoms with van der Waals surface area (Å²) >= 11 is 1.67. The molecular formula is C13H23N3OS. The SMILES string of the molecule is CC(C)NC(=O)CNCc1csc(C(C)(C)C)n1. The summed E-state index contributed by atoms with van der Waals surface area (Å²) in [6.07, 6.45) is 0. The van der Waals surface area contributed by atoms with Crippen molar-refractivity contribution in [2.24, 2.45) is 0 Å². The average Bonchev–Trinajstić information content (AvgIpc) is 2.64. The fraction of sp³-hybridized carbons (Fsp3) is 0.692. The van der Waals surface area contributed by atoms with Gasteiger partial charge in [-0.2, -0.15) is 0 Å². The van der Waals surface area contributed by atoms with Crippen LogP contribution >= 0.6 is 11.3 Å². The normalized spacial score (nSPS) is 11.9. The van der Waals surface area contributed by atoms with E-state index in [-0.39, 0.29) is 17.4 Å². The Balaban J connectivity index is 2.36. The third kappa shape index (κ3) is 5.14. The zero-order valence-electron chi connectivity index (χ0n) is 11.8. The van der Waals surface area contributed by atoms with Crippen LogP contribution in [-0.4, -0.2) is 23.5 Å². The van der Waals surface area contributed by atoms with E-state index in [9.17, 15) is 4.79 Å². The molecule has 0 fully saturated rings. The Morgan fingerprint density at radius 2 is 2.11 bits per heavy atom. The first kappa shape index (κ1) is 15.1. The second-order valence-corrected chi connectivity index (χ2v) is 6.58. The largest absolute Gasteiger partial charge is 0.353 e. The van der Waals surface area contributed by atoms with Crippen molar-refractivity contribution in [3.63, 3.8) is 0 Å². The van der Waals surface area contributed by atoms with Gasteiger partial charge in [-0.3, -0.25) is 4.79 Å². The first-order chi connectivity index (χ1) is 8.29. The van der Waals surface area contributed by atoms with E-state index in [0.29, 0.717) is 13.1 Å². The molecule has 0 bridgehead atoms. The fourth-order valence-electron chi connectivity index (χ4n) is 1.41. The highest BCUT2D eigenvalue weighted by Crippen LogP contribution is 2.25. The van der Waals surface area contributed by atoms with E-state index in [4.69, 9.17) is 0 Å². The topological polar surface area (TPSA) is 54.0 Å². The summed E-state index contributed by atoms with van der Waals surface area (Å²) < 4.78 is 0. The molecule has 0 atom stereocenters. The summed E-state index contributed by atoms with van der Waals surface area (Å²) in [4.78, 5) is 16.0.